The third-order valence-electron chi connectivity index (χ3n) is 2.05. The van der Waals surface area contributed by atoms with Crippen molar-refractivity contribution in [3.63, 3.8) is 0 Å². The van der Waals surface area contributed by atoms with Crippen LogP contribution >= 0.6 is 11.8 Å². The second-order valence-electron chi connectivity index (χ2n) is 2.97. The summed E-state index contributed by atoms with van der Waals surface area (Å²) in [6.45, 7) is 0. The van der Waals surface area contributed by atoms with Crippen molar-refractivity contribution in [3.05, 3.63) is 12.0 Å². The van der Waals surface area contributed by atoms with Crippen molar-refractivity contribution in [1.29, 1.82) is 0 Å². The summed E-state index contributed by atoms with van der Waals surface area (Å²) in [6, 6.07) is 0.288. The summed E-state index contributed by atoms with van der Waals surface area (Å²) in [5, 5.41) is 0.514. The molecular weight excluding hydrogens is 172 g/mol. The molecule has 12 heavy (non-hydrogen) atoms. The second kappa shape index (κ2) is 3.39. The molecule has 1 aromatic rings. The number of aromatic nitrogens is 1. The predicted molar refractivity (Wildman–Crippen MR) is 50.0 cm³/mol. The molecular formula is C8H12N2OS. The zero-order valence-corrected chi connectivity index (χ0v) is 7.64. The molecule has 2 heterocycles. The molecule has 0 aromatic carbocycles. The highest BCUT2D eigenvalue weighted by atomic mass is 32.2. The van der Waals surface area contributed by atoms with Gasteiger partial charge in [0.05, 0.1) is 10.9 Å². The summed E-state index contributed by atoms with van der Waals surface area (Å²) in [5.74, 6) is 1.23. The summed E-state index contributed by atoms with van der Waals surface area (Å²) in [6.07, 6.45) is 5.51. The minimum Gasteiger partial charge on any atom is -0.432 e. The Morgan fingerprint density at radius 3 is 3.08 bits per heavy atom. The molecule has 0 spiro atoms. The van der Waals surface area contributed by atoms with Crippen LogP contribution in [0.15, 0.2) is 10.7 Å². The summed E-state index contributed by atoms with van der Waals surface area (Å²) in [4.78, 5) is 4.12. The van der Waals surface area contributed by atoms with E-state index < -0.39 is 0 Å². The highest BCUT2D eigenvalue weighted by Gasteiger charge is 2.18. The molecule has 2 N–H and O–H groups in total. The monoisotopic (exact) mass is 184 g/mol. The third kappa shape index (κ3) is 1.58. The van der Waals surface area contributed by atoms with Crippen molar-refractivity contribution < 1.29 is 4.42 Å². The fourth-order valence-electron chi connectivity index (χ4n) is 1.42. The van der Waals surface area contributed by atoms with Gasteiger partial charge < -0.3 is 10.2 Å². The minimum absolute atomic E-state index is 0.288. The van der Waals surface area contributed by atoms with Crippen LogP contribution in [0.2, 0.25) is 0 Å². The van der Waals surface area contributed by atoms with E-state index in [1.807, 2.05) is 11.8 Å². The fraction of sp³-hybridized carbons (Fsp3) is 0.625. The van der Waals surface area contributed by atoms with Crippen LogP contribution in [0.5, 0.6) is 0 Å². The molecule has 1 aliphatic rings. The molecule has 1 unspecified atom stereocenters. The van der Waals surface area contributed by atoms with Gasteiger partial charge in [-0.05, 0) is 18.6 Å². The van der Waals surface area contributed by atoms with E-state index in [4.69, 9.17) is 10.2 Å². The lowest BCUT2D eigenvalue weighted by Crippen LogP contribution is -2.02. The van der Waals surface area contributed by atoms with Gasteiger partial charge in [-0.1, -0.05) is 6.42 Å². The molecule has 0 bridgehead atoms. The average Bonchev–Trinajstić information content (AvgIpc) is 2.54. The number of hydrogen-bond donors (Lipinski definition) is 1. The van der Waals surface area contributed by atoms with Crippen molar-refractivity contribution in [3.8, 4) is 0 Å². The molecule has 1 aliphatic heterocycles. The summed E-state index contributed by atoms with van der Waals surface area (Å²) in [5.41, 5.74) is 6.41. The van der Waals surface area contributed by atoms with Crippen molar-refractivity contribution >= 4 is 17.8 Å². The molecule has 4 heteroatoms. The number of anilines is 1. The SMILES string of the molecule is Nc1nc(C2CCCCS2)co1. The predicted octanol–water partition coefficient (Wildman–Crippen LogP) is 2.21. The molecule has 66 valence electrons. The summed E-state index contributed by atoms with van der Waals surface area (Å²) < 4.78 is 4.97. The number of nitrogens with two attached hydrogens (primary N) is 1. The molecule has 2 rings (SSSR count). The lowest BCUT2D eigenvalue weighted by molar-refractivity contribution is 0.576. The van der Waals surface area contributed by atoms with Crippen LogP contribution in [-0.4, -0.2) is 10.7 Å². The van der Waals surface area contributed by atoms with E-state index in [0.29, 0.717) is 5.25 Å². The Labute approximate surface area is 75.7 Å². The topological polar surface area (TPSA) is 52.0 Å². The number of hydrogen-bond acceptors (Lipinski definition) is 4. The van der Waals surface area contributed by atoms with Gasteiger partial charge >= 0.3 is 0 Å². The number of nitrogens with zero attached hydrogens (tertiary/aromatic N) is 1. The first-order chi connectivity index (χ1) is 5.86. The maximum Gasteiger partial charge on any atom is 0.292 e. The van der Waals surface area contributed by atoms with Crippen LogP contribution in [0.4, 0.5) is 6.01 Å². The Kier molecular flexibility index (Phi) is 2.26. The van der Waals surface area contributed by atoms with E-state index >= 15 is 0 Å². The minimum atomic E-state index is 0.288. The number of thioether (sulfide) groups is 1. The molecule has 3 nitrogen and oxygen atoms in total. The maximum absolute atomic E-state index is 5.40. The van der Waals surface area contributed by atoms with Crippen LogP contribution in [0.3, 0.4) is 0 Å². The zero-order valence-electron chi connectivity index (χ0n) is 6.82. The van der Waals surface area contributed by atoms with E-state index in [2.05, 4.69) is 4.98 Å². The lowest BCUT2D eigenvalue weighted by Gasteiger charge is -2.18. The summed E-state index contributed by atoms with van der Waals surface area (Å²) in [7, 11) is 0. The second-order valence-corrected chi connectivity index (χ2v) is 4.28. The van der Waals surface area contributed by atoms with Gasteiger partial charge in [-0.2, -0.15) is 16.7 Å². The van der Waals surface area contributed by atoms with Crippen molar-refractivity contribution in [2.75, 3.05) is 11.5 Å². The smallest absolute Gasteiger partial charge is 0.292 e. The first-order valence-electron chi connectivity index (χ1n) is 4.19. The molecule has 1 atom stereocenters. The van der Waals surface area contributed by atoms with Gasteiger partial charge in [0, 0.05) is 0 Å². The number of oxazole rings is 1. The first-order valence-corrected chi connectivity index (χ1v) is 5.23. The van der Waals surface area contributed by atoms with Gasteiger partial charge in [0.15, 0.2) is 0 Å². The Bertz CT molecular complexity index is 255. The van der Waals surface area contributed by atoms with E-state index in [0.717, 1.165) is 5.69 Å². The van der Waals surface area contributed by atoms with Gasteiger partial charge in [-0.3, -0.25) is 0 Å². The first kappa shape index (κ1) is 7.98. The van der Waals surface area contributed by atoms with Gasteiger partial charge in [-0.15, -0.1) is 0 Å². The van der Waals surface area contributed by atoms with Crippen LogP contribution in [0.1, 0.15) is 30.2 Å². The molecule has 0 radical (unpaired) electrons. The fourth-order valence-corrected chi connectivity index (χ4v) is 2.69. The Hall–Kier alpha value is -0.640. The van der Waals surface area contributed by atoms with E-state index in [1.165, 1.54) is 25.0 Å². The van der Waals surface area contributed by atoms with Crippen molar-refractivity contribution in [2.24, 2.45) is 0 Å². The van der Waals surface area contributed by atoms with Crippen molar-refractivity contribution in [1.82, 2.24) is 4.98 Å². The van der Waals surface area contributed by atoms with E-state index in [-0.39, 0.29) is 6.01 Å². The quantitative estimate of drug-likeness (QED) is 0.727. The molecule has 0 amide bonds. The van der Waals surface area contributed by atoms with E-state index in [1.54, 1.807) is 6.26 Å². The molecule has 0 saturated carbocycles. The van der Waals surface area contributed by atoms with Gasteiger partial charge in [0.1, 0.15) is 6.26 Å². The van der Waals surface area contributed by atoms with Crippen molar-refractivity contribution in [2.45, 2.75) is 24.5 Å². The van der Waals surface area contributed by atoms with Gasteiger partial charge in [0.25, 0.3) is 6.01 Å². The molecule has 1 aromatic heterocycles. The standard InChI is InChI=1S/C8H12N2OS/c9-8-10-6(5-11-8)7-3-1-2-4-12-7/h5,7H,1-4H2,(H2,9,10). The zero-order chi connectivity index (χ0) is 8.39. The Morgan fingerprint density at radius 1 is 1.58 bits per heavy atom. The van der Waals surface area contributed by atoms with Crippen LogP contribution in [0.25, 0.3) is 0 Å². The molecule has 0 aliphatic carbocycles. The van der Waals surface area contributed by atoms with Gasteiger partial charge in [-0.25, -0.2) is 0 Å². The third-order valence-corrected chi connectivity index (χ3v) is 3.45. The number of rotatable bonds is 1. The molecule has 1 fully saturated rings. The van der Waals surface area contributed by atoms with Crippen LogP contribution < -0.4 is 5.73 Å². The lowest BCUT2D eigenvalue weighted by atomic mass is 10.1. The number of nitrogen functional groups attached to an aromatic ring is 1. The van der Waals surface area contributed by atoms with Crippen LogP contribution in [-0.2, 0) is 0 Å². The largest absolute Gasteiger partial charge is 0.432 e. The summed E-state index contributed by atoms with van der Waals surface area (Å²) >= 11 is 1.95. The Balaban J connectivity index is 2.08. The van der Waals surface area contributed by atoms with E-state index in [9.17, 15) is 0 Å². The Morgan fingerprint density at radius 2 is 2.50 bits per heavy atom. The maximum atomic E-state index is 5.40. The highest BCUT2D eigenvalue weighted by Crippen LogP contribution is 2.37. The normalized spacial score (nSPS) is 24.2. The van der Waals surface area contributed by atoms with Gasteiger partial charge in [0.2, 0.25) is 0 Å². The molecule has 1 saturated heterocycles. The average molecular weight is 184 g/mol. The van der Waals surface area contributed by atoms with Crippen LogP contribution in [0, 0.1) is 0 Å². The highest BCUT2D eigenvalue weighted by molar-refractivity contribution is 7.99.